The van der Waals surface area contributed by atoms with E-state index in [1.54, 1.807) is 0 Å². The summed E-state index contributed by atoms with van der Waals surface area (Å²) in [6.07, 6.45) is 6.64. The molecule has 0 radical (unpaired) electrons. The standard InChI is InChI=1S/C22H24N2O4/c1-28-18-9-16-14(8-17(18)26)20-21-13(2-3-19(27)24(16)21)15-10-22(20)5-6-23(22)11-12(15)4-7-25/h2,4,8-9,15,20-21,25-26H,3,5-7,10-11H2,1H3/b12-4+. The molecule has 1 amide bonds. The molecule has 2 saturated heterocycles. The van der Waals surface area contributed by atoms with Gasteiger partial charge in [0.15, 0.2) is 11.5 Å². The molecule has 28 heavy (non-hydrogen) atoms. The Morgan fingerprint density at radius 3 is 2.96 bits per heavy atom. The van der Waals surface area contributed by atoms with Gasteiger partial charge >= 0.3 is 0 Å². The van der Waals surface area contributed by atoms with Gasteiger partial charge in [-0.05, 0) is 30.0 Å². The van der Waals surface area contributed by atoms with Gasteiger partial charge in [0.25, 0.3) is 0 Å². The molecule has 2 N–H and O–H groups in total. The van der Waals surface area contributed by atoms with E-state index in [-0.39, 0.29) is 35.8 Å². The van der Waals surface area contributed by atoms with Gasteiger partial charge in [-0.3, -0.25) is 9.69 Å². The minimum atomic E-state index is 0.00620. The maximum Gasteiger partial charge on any atom is 0.231 e. The van der Waals surface area contributed by atoms with Crippen molar-refractivity contribution in [2.24, 2.45) is 5.92 Å². The first kappa shape index (κ1) is 16.6. The number of ether oxygens (including phenoxy) is 1. The van der Waals surface area contributed by atoms with Gasteiger partial charge in [-0.25, -0.2) is 0 Å². The first-order chi connectivity index (χ1) is 13.6. The Balaban J connectivity index is 1.59. The number of benzene rings is 1. The van der Waals surface area contributed by atoms with Gasteiger partial charge in [-0.2, -0.15) is 0 Å². The normalized spacial score (nSPS) is 36.4. The topological polar surface area (TPSA) is 73.2 Å². The highest BCUT2D eigenvalue weighted by atomic mass is 16.5. The number of anilines is 1. The number of aliphatic hydroxyl groups is 1. The van der Waals surface area contributed by atoms with Crippen molar-refractivity contribution in [2.45, 2.75) is 36.8 Å². The summed E-state index contributed by atoms with van der Waals surface area (Å²) in [4.78, 5) is 17.5. The smallest absolute Gasteiger partial charge is 0.231 e. The number of rotatable bonds is 2. The summed E-state index contributed by atoms with van der Waals surface area (Å²) in [5.41, 5.74) is 4.59. The van der Waals surface area contributed by atoms with E-state index in [0.717, 1.165) is 37.2 Å². The van der Waals surface area contributed by atoms with Gasteiger partial charge in [0.05, 0.1) is 25.4 Å². The van der Waals surface area contributed by atoms with Crippen LogP contribution in [0.3, 0.4) is 0 Å². The van der Waals surface area contributed by atoms with Crippen LogP contribution in [0.4, 0.5) is 5.69 Å². The molecule has 6 nitrogen and oxygen atoms in total. The third-order valence-electron chi connectivity index (χ3n) is 7.80. The van der Waals surface area contributed by atoms with Gasteiger partial charge in [-0.1, -0.05) is 17.7 Å². The van der Waals surface area contributed by atoms with Gasteiger partial charge in [0.1, 0.15) is 0 Å². The minimum Gasteiger partial charge on any atom is -0.504 e. The lowest BCUT2D eigenvalue weighted by Crippen LogP contribution is -2.72. The van der Waals surface area contributed by atoms with Crippen LogP contribution in [0, 0.1) is 5.92 Å². The molecule has 0 aromatic heterocycles. The Morgan fingerprint density at radius 2 is 2.25 bits per heavy atom. The van der Waals surface area contributed by atoms with Crippen molar-refractivity contribution in [1.29, 1.82) is 0 Å². The van der Waals surface area contributed by atoms with Crippen LogP contribution in [0.1, 0.15) is 30.7 Å². The predicted octanol–water partition coefficient (Wildman–Crippen LogP) is 1.93. The first-order valence-electron chi connectivity index (χ1n) is 10.1. The highest BCUT2D eigenvalue weighted by Crippen LogP contribution is 2.65. The summed E-state index contributed by atoms with van der Waals surface area (Å²) < 4.78 is 5.34. The molecule has 1 spiro atoms. The molecule has 4 unspecified atom stereocenters. The SMILES string of the molecule is COc1cc2c(cc1O)C1C3C(=CCC(=O)N23)C2CC13CCN3C/C2=C\CO. The fraction of sp³-hybridized carbons (Fsp3) is 0.500. The molecular formula is C22H24N2O4. The Bertz CT molecular complexity index is 968. The number of nitrogens with zero attached hydrogens (tertiary/aromatic N) is 2. The van der Waals surface area contributed by atoms with Gasteiger partial charge < -0.3 is 19.8 Å². The Hall–Kier alpha value is -2.31. The Kier molecular flexibility index (Phi) is 3.20. The van der Waals surface area contributed by atoms with Crippen LogP contribution >= 0.6 is 0 Å². The molecule has 1 aromatic carbocycles. The zero-order chi connectivity index (χ0) is 19.2. The number of phenolic OH excluding ortho intramolecular Hbond substituents is 1. The third-order valence-corrected chi connectivity index (χ3v) is 7.80. The lowest BCUT2D eigenvalue weighted by atomic mass is 9.53. The van der Waals surface area contributed by atoms with E-state index >= 15 is 0 Å². The molecule has 6 rings (SSSR count). The second-order valence-electron chi connectivity index (χ2n) is 8.67. The molecule has 3 fully saturated rings. The van der Waals surface area contributed by atoms with Crippen molar-refractivity contribution in [1.82, 2.24) is 4.90 Å². The fourth-order valence-corrected chi connectivity index (χ4v) is 6.63. The Morgan fingerprint density at radius 1 is 1.39 bits per heavy atom. The number of aliphatic hydroxyl groups excluding tert-OH is 1. The average molecular weight is 380 g/mol. The number of carbonyl (C=O) groups is 1. The summed E-state index contributed by atoms with van der Waals surface area (Å²) in [5.74, 6) is 1.13. The van der Waals surface area contributed by atoms with Crippen molar-refractivity contribution in [3.05, 3.63) is 41.0 Å². The molecule has 4 aliphatic heterocycles. The van der Waals surface area contributed by atoms with Gasteiger partial charge in [0.2, 0.25) is 5.91 Å². The summed E-state index contributed by atoms with van der Waals surface area (Å²) in [6.45, 7) is 1.99. The van der Waals surface area contributed by atoms with E-state index in [9.17, 15) is 15.0 Å². The van der Waals surface area contributed by atoms with Crippen molar-refractivity contribution in [3.63, 3.8) is 0 Å². The fourth-order valence-electron chi connectivity index (χ4n) is 6.63. The zero-order valence-corrected chi connectivity index (χ0v) is 15.9. The molecule has 1 aromatic rings. The number of phenols is 1. The van der Waals surface area contributed by atoms with Crippen molar-refractivity contribution in [3.8, 4) is 11.5 Å². The zero-order valence-electron chi connectivity index (χ0n) is 15.9. The number of hydrogen-bond donors (Lipinski definition) is 2. The van der Waals surface area contributed by atoms with Crippen LogP contribution in [0.5, 0.6) is 11.5 Å². The monoisotopic (exact) mass is 380 g/mol. The number of fused-ring (bicyclic) bond motifs is 5. The summed E-state index contributed by atoms with van der Waals surface area (Å²) in [5, 5.41) is 20.0. The number of hydrogen-bond acceptors (Lipinski definition) is 5. The molecule has 6 heteroatoms. The lowest BCUT2D eigenvalue weighted by Gasteiger charge is -2.66. The molecule has 1 saturated carbocycles. The van der Waals surface area contributed by atoms with Crippen molar-refractivity contribution >= 4 is 11.6 Å². The van der Waals surface area contributed by atoms with E-state index in [4.69, 9.17) is 4.74 Å². The second kappa shape index (κ2) is 5.39. The average Bonchev–Trinajstić information content (AvgIpc) is 3.01. The maximum atomic E-state index is 13.0. The lowest BCUT2D eigenvalue weighted by molar-refractivity contribution is -0.120. The maximum absolute atomic E-state index is 13.0. The number of carbonyl (C=O) groups excluding carboxylic acids is 1. The van der Waals surface area contributed by atoms with Crippen LogP contribution < -0.4 is 9.64 Å². The molecule has 4 atom stereocenters. The van der Waals surface area contributed by atoms with Crippen molar-refractivity contribution < 1.29 is 19.7 Å². The number of aromatic hydroxyl groups is 1. The molecule has 146 valence electrons. The number of methoxy groups -OCH3 is 1. The van der Waals surface area contributed by atoms with E-state index < -0.39 is 0 Å². The van der Waals surface area contributed by atoms with E-state index in [1.165, 1.54) is 18.3 Å². The predicted molar refractivity (Wildman–Crippen MR) is 104 cm³/mol. The second-order valence-corrected chi connectivity index (χ2v) is 8.67. The number of amides is 1. The minimum absolute atomic E-state index is 0.00620. The van der Waals surface area contributed by atoms with E-state index in [1.807, 2.05) is 23.1 Å². The van der Waals surface area contributed by atoms with Crippen LogP contribution in [-0.2, 0) is 4.79 Å². The molecule has 2 bridgehead atoms. The third kappa shape index (κ3) is 1.78. The number of piperidine rings is 1. The first-order valence-corrected chi connectivity index (χ1v) is 10.1. The summed E-state index contributed by atoms with van der Waals surface area (Å²) >= 11 is 0. The summed E-state index contributed by atoms with van der Waals surface area (Å²) in [6, 6.07) is 3.66. The van der Waals surface area contributed by atoms with Gasteiger partial charge in [-0.15, -0.1) is 0 Å². The summed E-state index contributed by atoms with van der Waals surface area (Å²) in [7, 11) is 1.54. The molecule has 4 heterocycles. The quantitative estimate of drug-likeness (QED) is 0.767. The largest absolute Gasteiger partial charge is 0.504 e. The van der Waals surface area contributed by atoms with Crippen molar-refractivity contribution in [2.75, 3.05) is 31.7 Å². The van der Waals surface area contributed by atoms with Crippen LogP contribution in [0.15, 0.2) is 35.4 Å². The van der Waals surface area contributed by atoms with Crippen LogP contribution in [-0.4, -0.2) is 59.4 Å². The van der Waals surface area contributed by atoms with Crippen LogP contribution in [0.2, 0.25) is 0 Å². The molecule has 1 aliphatic carbocycles. The van der Waals surface area contributed by atoms with Gasteiger partial charge in [0, 0.05) is 43.0 Å². The highest BCUT2D eigenvalue weighted by molar-refractivity contribution is 6.00. The highest BCUT2D eigenvalue weighted by Gasteiger charge is 2.66. The van der Waals surface area contributed by atoms with Crippen LogP contribution in [0.25, 0.3) is 0 Å². The van der Waals surface area contributed by atoms with E-state index in [0.29, 0.717) is 18.1 Å². The molecular weight excluding hydrogens is 356 g/mol. The van der Waals surface area contributed by atoms with E-state index in [2.05, 4.69) is 11.0 Å². The molecule has 5 aliphatic rings. The Labute approximate surface area is 163 Å².